The summed E-state index contributed by atoms with van der Waals surface area (Å²) in [5, 5.41) is 0. The van der Waals surface area contributed by atoms with Crippen LogP contribution in [0, 0.1) is 0 Å². The molecule has 0 amide bonds. The lowest BCUT2D eigenvalue weighted by Gasteiger charge is -2.38. The molecule has 1 aliphatic rings. The first-order chi connectivity index (χ1) is 13.4. The highest BCUT2D eigenvalue weighted by Crippen LogP contribution is 2.52. The molecule has 1 N–H and O–H groups in total. The van der Waals surface area contributed by atoms with E-state index in [2.05, 4.69) is 37.9 Å². The molecular formula is C20H17BrN2O3S2. The molecule has 0 saturated heterocycles. The number of nitrogens with zero attached hydrogens (tertiary/aromatic N) is 2. The Balaban J connectivity index is 1.89. The Labute approximate surface area is 176 Å². The van der Waals surface area contributed by atoms with Gasteiger partial charge in [0.25, 0.3) is 10.1 Å². The number of hydrogen-bond donors (Lipinski definition) is 1. The molecule has 0 bridgehead atoms. The average molecular weight is 477 g/mol. The molecule has 28 heavy (non-hydrogen) atoms. The molecule has 2 heterocycles. The van der Waals surface area contributed by atoms with Crippen LogP contribution in [0.2, 0.25) is 0 Å². The molecule has 0 radical (unpaired) electrons. The van der Waals surface area contributed by atoms with E-state index in [1.165, 1.54) is 0 Å². The number of benzene rings is 2. The van der Waals surface area contributed by atoms with Crippen LogP contribution < -0.4 is 4.90 Å². The second-order valence-corrected chi connectivity index (χ2v) is 9.88. The van der Waals surface area contributed by atoms with Crippen molar-refractivity contribution < 1.29 is 13.0 Å². The minimum absolute atomic E-state index is 0.196. The number of para-hydroxylation sites is 2. The Morgan fingerprint density at radius 1 is 1.00 bits per heavy atom. The molecule has 144 valence electrons. The molecule has 0 fully saturated rings. The molecule has 0 aliphatic carbocycles. The van der Waals surface area contributed by atoms with Gasteiger partial charge in [-0.15, -0.1) is 0 Å². The Morgan fingerprint density at radius 2 is 1.61 bits per heavy atom. The summed E-state index contributed by atoms with van der Waals surface area (Å²) in [5.74, 6) is -0.353. The predicted molar refractivity (Wildman–Crippen MR) is 115 cm³/mol. The third kappa shape index (κ3) is 3.96. The predicted octanol–water partition coefficient (Wildman–Crippen LogP) is 5.47. The van der Waals surface area contributed by atoms with Gasteiger partial charge in [-0.3, -0.25) is 9.54 Å². The van der Waals surface area contributed by atoms with E-state index in [0.717, 1.165) is 31.3 Å². The first-order valence-corrected chi connectivity index (χ1v) is 11.9. The largest absolute Gasteiger partial charge is 0.330 e. The van der Waals surface area contributed by atoms with Crippen molar-refractivity contribution in [2.45, 2.75) is 22.3 Å². The second kappa shape index (κ2) is 7.87. The van der Waals surface area contributed by atoms with E-state index in [1.807, 2.05) is 48.5 Å². The van der Waals surface area contributed by atoms with Crippen LogP contribution in [0.4, 0.5) is 11.4 Å². The third-order valence-electron chi connectivity index (χ3n) is 4.53. The van der Waals surface area contributed by atoms with Gasteiger partial charge >= 0.3 is 0 Å². The summed E-state index contributed by atoms with van der Waals surface area (Å²) in [6.07, 6.45) is 1.89. The van der Waals surface area contributed by atoms with Crippen LogP contribution >= 0.6 is 27.7 Å². The van der Waals surface area contributed by atoms with Gasteiger partial charge < -0.3 is 4.90 Å². The molecule has 5 nitrogen and oxygen atoms in total. The van der Waals surface area contributed by atoms with Gasteiger partial charge in [0.15, 0.2) is 0 Å². The fraction of sp³-hybridized carbons (Fsp3) is 0.150. The molecule has 3 aromatic rings. The van der Waals surface area contributed by atoms with Gasteiger partial charge in [0.05, 0.1) is 28.9 Å². The average Bonchev–Trinajstić information content (AvgIpc) is 2.67. The van der Waals surface area contributed by atoms with Crippen LogP contribution in [0.3, 0.4) is 0 Å². The van der Waals surface area contributed by atoms with Crippen LogP contribution in [-0.2, 0) is 10.1 Å². The lowest BCUT2D eigenvalue weighted by molar-refractivity contribution is 0.476. The summed E-state index contributed by atoms with van der Waals surface area (Å²) in [6.45, 7) is 0. The van der Waals surface area contributed by atoms with Crippen LogP contribution in [0.15, 0.2) is 81.1 Å². The zero-order valence-electron chi connectivity index (χ0n) is 14.7. The van der Waals surface area contributed by atoms with Crippen molar-refractivity contribution in [1.29, 1.82) is 0 Å². The molecule has 1 unspecified atom stereocenters. The molecular weight excluding hydrogens is 460 g/mol. The summed E-state index contributed by atoms with van der Waals surface area (Å²) in [5.41, 5.74) is 2.70. The van der Waals surface area contributed by atoms with Gasteiger partial charge in [0, 0.05) is 20.5 Å². The molecule has 8 heteroatoms. The van der Waals surface area contributed by atoms with Crippen LogP contribution in [0.1, 0.15) is 18.2 Å². The van der Waals surface area contributed by atoms with Crippen molar-refractivity contribution in [2.75, 3.05) is 10.7 Å². The summed E-state index contributed by atoms with van der Waals surface area (Å²) in [4.78, 5) is 8.83. The zero-order valence-corrected chi connectivity index (χ0v) is 17.9. The highest BCUT2D eigenvalue weighted by molar-refractivity contribution is 9.10. The van der Waals surface area contributed by atoms with E-state index in [4.69, 9.17) is 0 Å². The van der Waals surface area contributed by atoms with Crippen molar-refractivity contribution in [3.8, 4) is 0 Å². The number of aromatic nitrogens is 1. The first-order valence-electron chi connectivity index (χ1n) is 8.65. The zero-order chi connectivity index (χ0) is 19.7. The summed E-state index contributed by atoms with van der Waals surface area (Å²) < 4.78 is 33.2. The summed E-state index contributed by atoms with van der Waals surface area (Å²) in [7, 11) is -4.11. The lowest BCUT2D eigenvalue weighted by Crippen LogP contribution is -2.29. The van der Waals surface area contributed by atoms with Gasteiger partial charge in [0.1, 0.15) is 0 Å². The monoisotopic (exact) mass is 476 g/mol. The smallest absolute Gasteiger partial charge is 0.264 e. The molecule has 1 atom stereocenters. The van der Waals surface area contributed by atoms with Gasteiger partial charge in [-0.05, 0) is 58.7 Å². The molecule has 2 aromatic carbocycles. The Hall–Kier alpha value is -1.87. The van der Waals surface area contributed by atoms with Crippen molar-refractivity contribution >= 4 is 49.2 Å². The highest BCUT2D eigenvalue weighted by Gasteiger charge is 2.32. The molecule has 4 rings (SSSR count). The standard InChI is InChI=1S/C20H17BrN2O3S2/c21-14-6-5-12-22-20(14)17(11-13-28(24,25)26)23-15-7-1-3-9-18(15)27-19-10-4-2-8-16(19)23/h1-10,12,17H,11,13H2,(H,24,25,26). The first kappa shape index (κ1) is 19.4. The van der Waals surface area contributed by atoms with E-state index in [9.17, 15) is 13.0 Å². The maximum atomic E-state index is 11.5. The number of hydrogen-bond acceptors (Lipinski definition) is 5. The van der Waals surface area contributed by atoms with Crippen molar-refractivity contribution in [1.82, 2.24) is 4.98 Å². The third-order valence-corrected chi connectivity index (χ3v) is 7.09. The number of fused-ring (bicyclic) bond motifs is 2. The summed E-state index contributed by atoms with van der Waals surface area (Å²) >= 11 is 5.24. The quantitative estimate of drug-likeness (QED) is 0.492. The molecule has 1 aliphatic heterocycles. The fourth-order valence-electron chi connectivity index (χ4n) is 3.36. The Bertz CT molecular complexity index is 1080. The highest BCUT2D eigenvalue weighted by atomic mass is 79.9. The van der Waals surface area contributed by atoms with Crippen LogP contribution in [0.25, 0.3) is 0 Å². The van der Waals surface area contributed by atoms with E-state index in [0.29, 0.717) is 0 Å². The summed E-state index contributed by atoms with van der Waals surface area (Å²) in [6, 6.07) is 19.4. The van der Waals surface area contributed by atoms with Gasteiger partial charge in [0.2, 0.25) is 0 Å². The minimum Gasteiger partial charge on any atom is -0.330 e. The molecule has 0 spiro atoms. The van der Waals surface area contributed by atoms with Crippen molar-refractivity contribution in [3.05, 3.63) is 77.0 Å². The minimum atomic E-state index is -4.11. The topological polar surface area (TPSA) is 70.5 Å². The van der Waals surface area contributed by atoms with Crippen LogP contribution in [0.5, 0.6) is 0 Å². The Morgan fingerprint density at radius 3 is 2.18 bits per heavy atom. The van der Waals surface area contributed by atoms with Gasteiger partial charge in [-0.2, -0.15) is 8.42 Å². The lowest BCUT2D eigenvalue weighted by atomic mass is 10.0. The van der Waals surface area contributed by atoms with E-state index in [-0.39, 0.29) is 18.2 Å². The van der Waals surface area contributed by atoms with Crippen LogP contribution in [-0.4, -0.2) is 23.7 Å². The van der Waals surface area contributed by atoms with E-state index < -0.39 is 10.1 Å². The maximum absolute atomic E-state index is 11.5. The number of rotatable bonds is 5. The normalized spacial score (nSPS) is 14.3. The number of pyridine rings is 1. The maximum Gasteiger partial charge on any atom is 0.264 e. The number of anilines is 2. The number of halogens is 1. The van der Waals surface area contributed by atoms with Gasteiger partial charge in [-0.1, -0.05) is 36.0 Å². The van der Waals surface area contributed by atoms with E-state index in [1.54, 1.807) is 18.0 Å². The van der Waals surface area contributed by atoms with E-state index >= 15 is 0 Å². The van der Waals surface area contributed by atoms with Gasteiger partial charge in [-0.25, -0.2) is 0 Å². The SMILES string of the molecule is O=S(=O)(O)CCC(c1ncccc1Br)N1c2ccccc2Sc2ccccc21. The molecule has 0 saturated carbocycles. The second-order valence-electron chi connectivity index (χ2n) is 6.37. The molecule has 1 aromatic heterocycles. The fourth-order valence-corrected chi connectivity index (χ4v) is 5.47. The van der Waals surface area contributed by atoms with Crippen molar-refractivity contribution in [2.24, 2.45) is 0 Å². The Kier molecular flexibility index (Phi) is 5.46. The van der Waals surface area contributed by atoms with Crippen molar-refractivity contribution in [3.63, 3.8) is 0 Å².